The van der Waals surface area contributed by atoms with Gasteiger partial charge in [0.15, 0.2) is 0 Å². The van der Waals surface area contributed by atoms with Crippen LogP contribution in [0.2, 0.25) is 0 Å². The lowest BCUT2D eigenvalue weighted by molar-refractivity contribution is -0.132. The van der Waals surface area contributed by atoms with Gasteiger partial charge in [-0.2, -0.15) is 0 Å². The number of fused-ring (bicyclic) bond motifs is 1. The number of β-amino-alcohol motifs (C(OH)–C–C–N with tert-alkyl or cyclic N) is 1. The van der Waals surface area contributed by atoms with Gasteiger partial charge in [-0.05, 0) is 73.7 Å². The molecule has 0 bridgehead atoms. The van der Waals surface area contributed by atoms with Crippen molar-refractivity contribution in [3.05, 3.63) is 78.4 Å². The van der Waals surface area contributed by atoms with E-state index in [-0.39, 0.29) is 17.9 Å². The number of aliphatic hydroxyl groups is 1. The largest absolute Gasteiger partial charge is 0.497 e. The minimum Gasteiger partial charge on any atom is -0.497 e. The van der Waals surface area contributed by atoms with Crippen LogP contribution in [0, 0.1) is 0 Å². The van der Waals surface area contributed by atoms with Gasteiger partial charge in [-0.1, -0.05) is 30.3 Å². The highest BCUT2D eigenvalue weighted by atomic mass is 16.5. The van der Waals surface area contributed by atoms with E-state index in [9.17, 15) is 14.7 Å². The summed E-state index contributed by atoms with van der Waals surface area (Å²) in [5, 5.41) is 15.3. The zero-order valence-electron chi connectivity index (χ0n) is 21.6. The first-order valence-corrected chi connectivity index (χ1v) is 12.7. The van der Waals surface area contributed by atoms with Crippen LogP contribution in [0.1, 0.15) is 43.7 Å². The molecule has 37 heavy (non-hydrogen) atoms. The number of amides is 1. The van der Waals surface area contributed by atoms with Crippen molar-refractivity contribution in [2.45, 2.75) is 49.7 Å². The molecule has 1 aliphatic carbocycles. The lowest BCUT2D eigenvalue weighted by Crippen LogP contribution is -2.67. The summed E-state index contributed by atoms with van der Waals surface area (Å²) in [6.45, 7) is 7.26. The summed E-state index contributed by atoms with van der Waals surface area (Å²) >= 11 is 0. The molecule has 2 N–H and O–H groups in total. The number of benzene rings is 2. The topological polar surface area (TPSA) is 88.1 Å². The van der Waals surface area contributed by atoms with Crippen molar-refractivity contribution in [1.29, 1.82) is 0 Å². The van der Waals surface area contributed by atoms with Gasteiger partial charge in [0.1, 0.15) is 11.5 Å². The van der Waals surface area contributed by atoms with Crippen LogP contribution in [0.5, 0.6) is 11.5 Å². The number of likely N-dealkylation sites (tertiary alicyclic amines) is 1. The highest BCUT2D eigenvalue weighted by molar-refractivity contribution is 5.92. The number of nitrogens with zero attached hydrogens (tertiary/aromatic N) is 1. The molecule has 3 unspecified atom stereocenters. The zero-order valence-corrected chi connectivity index (χ0v) is 21.6. The molecule has 3 atom stereocenters. The molecule has 2 aromatic rings. The van der Waals surface area contributed by atoms with Crippen molar-refractivity contribution in [3.63, 3.8) is 0 Å². The van der Waals surface area contributed by atoms with Crippen LogP contribution in [0.4, 0.5) is 0 Å². The van der Waals surface area contributed by atoms with E-state index in [1.165, 1.54) is 13.0 Å². The van der Waals surface area contributed by atoms with Crippen LogP contribution in [0.15, 0.2) is 67.3 Å². The molecule has 0 radical (unpaired) electrons. The SMILES string of the molecule is C=CCN1CCC2(c3cccc(OC(C)=O)c3)CC(NC(=O)C=Cc3cccc(OC)c3)CCC2(O)C1. The van der Waals surface area contributed by atoms with E-state index in [0.29, 0.717) is 44.5 Å². The average molecular weight is 505 g/mol. The molecule has 1 aliphatic heterocycles. The molecule has 7 heteroatoms. The number of rotatable bonds is 8. The van der Waals surface area contributed by atoms with Gasteiger partial charge < -0.3 is 19.9 Å². The van der Waals surface area contributed by atoms with E-state index in [4.69, 9.17) is 9.47 Å². The number of hydrogen-bond donors (Lipinski definition) is 2. The summed E-state index contributed by atoms with van der Waals surface area (Å²) in [5.74, 6) is 0.631. The summed E-state index contributed by atoms with van der Waals surface area (Å²) in [6, 6.07) is 14.9. The third-order valence-electron chi connectivity index (χ3n) is 7.63. The molecule has 196 valence electrons. The highest BCUT2D eigenvalue weighted by Gasteiger charge is 2.57. The quantitative estimate of drug-likeness (QED) is 0.246. The van der Waals surface area contributed by atoms with E-state index < -0.39 is 11.0 Å². The lowest BCUT2D eigenvalue weighted by atomic mass is 9.55. The maximum atomic E-state index is 12.9. The van der Waals surface area contributed by atoms with E-state index in [1.807, 2.05) is 48.5 Å². The average Bonchev–Trinajstić information content (AvgIpc) is 2.88. The Morgan fingerprint density at radius 3 is 2.73 bits per heavy atom. The first-order chi connectivity index (χ1) is 17.8. The molecule has 0 spiro atoms. The first kappa shape index (κ1) is 26.6. The molecule has 2 aromatic carbocycles. The minimum atomic E-state index is -0.985. The van der Waals surface area contributed by atoms with Crippen molar-refractivity contribution in [2.24, 2.45) is 0 Å². The Morgan fingerprint density at radius 2 is 1.97 bits per heavy atom. The van der Waals surface area contributed by atoms with Crippen LogP contribution in [0.25, 0.3) is 6.08 Å². The number of carbonyl (C=O) groups is 2. The number of ether oxygens (including phenoxy) is 2. The van der Waals surface area contributed by atoms with E-state index in [0.717, 1.165) is 23.4 Å². The Morgan fingerprint density at radius 1 is 1.19 bits per heavy atom. The Labute approximate surface area is 218 Å². The molecular formula is C30H36N2O5. The van der Waals surface area contributed by atoms with Gasteiger partial charge in [0.2, 0.25) is 5.91 Å². The van der Waals surface area contributed by atoms with Gasteiger partial charge in [0.05, 0.1) is 12.7 Å². The molecule has 0 aromatic heterocycles. The monoisotopic (exact) mass is 504 g/mol. The maximum absolute atomic E-state index is 12.9. The smallest absolute Gasteiger partial charge is 0.308 e. The van der Waals surface area contributed by atoms with Crippen molar-refractivity contribution in [3.8, 4) is 11.5 Å². The molecule has 1 heterocycles. The number of esters is 1. The second-order valence-electron chi connectivity index (χ2n) is 10.1. The zero-order chi connectivity index (χ0) is 26.5. The molecule has 1 saturated carbocycles. The minimum absolute atomic E-state index is 0.105. The molecule has 2 aliphatic rings. The van der Waals surface area contributed by atoms with Gasteiger partial charge in [0.25, 0.3) is 0 Å². The van der Waals surface area contributed by atoms with Gasteiger partial charge in [0, 0.05) is 37.5 Å². The van der Waals surface area contributed by atoms with Crippen molar-refractivity contribution in [2.75, 3.05) is 26.7 Å². The van der Waals surface area contributed by atoms with Crippen LogP contribution in [-0.4, -0.2) is 60.3 Å². The number of carbonyl (C=O) groups excluding carboxylic acids is 2. The molecule has 1 amide bonds. The Kier molecular flexibility index (Phi) is 8.15. The van der Waals surface area contributed by atoms with Crippen molar-refractivity contribution in [1.82, 2.24) is 10.2 Å². The summed E-state index contributed by atoms with van der Waals surface area (Å²) in [6.07, 6.45) is 7.68. The van der Waals surface area contributed by atoms with Gasteiger partial charge >= 0.3 is 5.97 Å². The fourth-order valence-electron chi connectivity index (χ4n) is 5.91. The number of hydrogen-bond acceptors (Lipinski definition) is 6. The molecule has 1 saturated heterocycles. The normalized spacial score (nSPS) is 25.8. The summed E-state index contributed by atoms with van der Waals surface area (Å²) in [5.41, 5.74) is 0.229. The van der Waals surface area contributed by atoms with Crippen LogP contribution in [-0.2, 0) is 15.0 Å². The van der Waals surface area contributed by atoms with Crippen LogP contribution in [0.3, 0.4) is 0 Å². The highest BCUT2D eigenvalue weighted by Crippen LogP contribution is 2.52. The fraction of sp³-hybridized carbons (Fsp3) is 0.400. The maximum Gasteiger partial charge on any atom is 0.308 e. The van der Waals surface area contributed by atoms with Crippen molar-refractivity contribution >= 4 is 18.0 Å². The number of piperidine rings is 1. The van der Waals surface area contributed by atoms with E-state index in [1.54, 1.807) is 19.3 Å². The molecular weight excluding hydrogens is 468 g/mol. The third kappa shape index (κ3) is 5.95. The summed E-state index contributed by atoms with van der Waals surface area (Å²) < 4.78 is 10.6. The molecule has 7 nitrogen and oxygen atoms in total. The predicted molar refractivity (Wildman–Crippen MR) is 143 cm³/mol. The van der Waals surface area contributed by atoms with Gasteiger partial charge in [-0.15, -0.1) is 6.58 Å². The van der Waals surface area contributed by atoms with E-state index >= 15 is 0 Å². The third-order valence-corrected chi connectivity index (χ3v) is 7.63. The first-order valence-electron chi connectivity index (χ1n) is 12.7. The van der Waals surface area contributed by atoms with Crippen LogP contribution < -0.4 is 14.8 Å². The second-order valence-corrected chi connectivity index (χ2v) is 10.1. The summed E-state index contributed by atoms with van der Waals surface area (Å²) in [4.78, 5) is 26.7. The lowest BCUT2D eigenvalue weighted by Gasteiger charge is -2.58. The van der Waals surface area contributed by atoms with Gasteiger partial charge in [-0.25, -0.2) is 0 Å². The Bertz CT molecular complexity index is 1180. The molecule has 2 fully saturated rings. The predicted octanol–water partition coefficient (Wildman–Crippen LogP) is 3.86. The van der Waals surface area contributed by atoms with E-state index in [2.05, 4.69) is 16.8 Å². The van der Waals surface area contributed by atoms with Crippen LogP contribution >= 0.6 is 0 Å². The number of methoxy groups -OCH3 is 1. The van der Waals surface area contributed by atoms with Gasteiger partial charge in [-0.3, -0.25) is 14.5 Å². The molecule has 4 rings (SSSR count). The standard InChI is InChI=1S/C30H36N2O5/c1-4-16-32-17-15-29(24-8-6-10-27(19-24)37-22(2)33)20-25(13-14-30(29,35)21-32)31-28(34)12-11-23-7-5-9-26(18-23)36-3/h4-12,18-19,25,35H,1,13-17,20-21H2,2-3H3,(H,31,34). The second kappa shape index (κ2) is 11.3. The van der Waals surface area contributed by atoms with Crippen molar-refractivity contribution < 1.29 is 24.2 Å². The Hall–Kier alpha value is -3.42. The fourth-order valence-corrected chi connectivity index (χ4v) is 5.91. The number of nitrogens with one attached hydrogen (secondary N) is 1. The summed E-state index contributed by atoms with van der Waals surface area (Å²) in [7, 11) is 1.61. The Balaban J connectivity index is 1.57.